The zero-order valence-electron chi connectivity index (χ0n) is 49.3. The average molecular weight is 1310 g/mol. The molecular formula is C52H98N10O28. The van der Waals surface area contributed by atoms with Crippen molar-refractivity contribution in [3.8, 4) is 0 Å². The van der Waals surface area contributed by atoms with E-state index in [2.05, 4.69) is 0 Å². The van der Waals surface area contributed by atoms with Gasteiger partial charge in [0.15, 0.2) is 37.7 Å². The molecular weight excluding hydrogens is 1210 g/mol. The average Bonchev–Trinajstić information content (AvgIpc) is 1.43. The summed E-state index contributed by atoms with van der Waals surface area (Å²) in [6, 6.07) is -8.17. The molecule has 8 aliphatic heterocycles. The monoisotopic (exact) mass is 1310 g/mol. The molecule has 90 heavy (non-hydrogen) atoms. The van der Waals surface area contributed by atoms with Crippen LogP contribution in [0.2, 0.25) is 0 Å². The predicted molar refractivity (Wildman–Crippen MR) is 297 cm³/mol. The normalized spacial score (nSPS) is 54.4. The SMILES string of the molecule is NC[C@@H]1O[C@H](O[C@@H]2C(O)[C@H](O[C@@H]3C(O)[C@H](N)CC(N)[C@H]3O[C@H]3OC4C(O)CCCO[C@H]4[C@H](O)C3N)O[C@@H]2CO)C(N)C(O)[C@@H]1O.NC[C@@H]1O[C@H](O[C@@H]2C(O)[C@H](O[C@@H]3C(O)[C@H](N)CC(N)[C@H]3O[C@H]3OC4C(O)CCCO[C@H]4[C@H](O)C3N)O[C@@H]2CO)C(N)C(O)[C@@H]1O. The van der Waals surface area contributed by atoms with E-state index in [9.17, 15) is 71.5 Å². The van der Waals surface area contributed by atoms with Gasteiger partial charge in [0.1, 0.15) is 134 Å². The van der Waals surface area contributed by atoms with Crippen LogP contribution in [0.3, 0.4) is 0 Å². The second-order valence-electron chi connectivity index (χ2n) is 25.0. The number of aliphatic hydroxyl groups excluding tert-OH is 14. The largest absolute Gasteiger partial charge is 0.394 e. The van der Waals surface area contributed by atoms with Crippen molar-refractivity contribution >= 4 is 0 Å². The molecule has 38 heteroatoms. The Bertz CT molecular complexity index is 2070. The maximum atomic E-state index is 11.2. The van der Waals surface area contributed by atoms with Crippen LogP contribution in [0.15, 0.2) is 0 Å². The van der Waals surface area contributed by atoms with E-state index in [1.54, 1.807) is 0 Å². The number of hydrogen-bond donors (Lipinski definition) is 24. The molecule has 0 aromatic heterocycles. The molecule has 0 amide bonds. The van der Waals surface area contributed by atoms with E-state index in [4.69, 9.17) is 124 Å². The lowest BCUT2D eigenvalue weighted by atomic mass is 9.84. The molecule has 8 heterocycles. The lowest BCUT2D eigenvalue weighted by Crippen LogP contribution is -2.68. The summed E-state index contributed by atoms with van der Waals surface area (Å²) in [7, 11) is 0. The minimum absolute atomic E-state index is 0.0977. The highest BCUT2D eigenvalue weighted by molar-refractivity contribution is 5.06. The summed E-state index contributed by atoms with van der Waals surface area (Å²) < 4.78 is 82.0. The number of aliphatic hydroxyl groups is 14. The van der Waals surface area contributed by atoms with Gasteiger partial charge >= 0.3 is 0 Å². The first-order chi connectivity index (χ1) is 42.7. The maximum absolute atomic E-state index is 11.2. The van der Waals surface area contributed by atoms with Gasteiger partial charge in [-0.2, -0.15) is 0 Å². The molecule has 34 N–H and O–H groups in total. The Morgan fingerprint density at radius 3 is 0.967 bits per heavy atom. The van der Waals surface area contributed by atoms with E-state index in [0.29, 0.717) is 38.9 Å². The van der Waals surface area contributed by atoms with Crippen molar-refractivity contribution in [2.24, 2.45) is 57.3 Å². The van der Waals surface area contributed by atoms with Crippen LogP contribution in [0.1, 0.15) is 38.5 Å². The fourth-order valence-corrected chi connectivity index (χ4v) is 13.3. The first-order valence-electron chi connectivity index (χ1n) is 30.7. The van der Waals surface area contributed by atoms with Crippen molar-refractivity contribution in [2.75, 3.05) is 39.5 Å². The highest BCUT2D eigenvalue weighted by Gasteiger charge is 2.58. The number of ether oxygens (including phenoxy) is 14. The molecule has 0 radical (unpaired) electrons. The van der Waals surface area contributed by atoms with Crippen molar-refractivity contribution in [3.63, 3.8) is 0 Å². The zero-order valence-corrected chi connectivity index (χ0v) is 49.3. The quantitative estimate of drug-likeness (QED) is 0.0682. The van der Waals surface area contributed by atoms with Gasteiger partial charge in [0, 0.05) is 50.5 Å². The van der Waals surface area contributed by atoms with Gasteiger partial charge in [-0.15, -0.1) is 0 Å². The third-order valence-corrected chi connectivity index (χ3v) is 18.8. The van der Waals surface area contributed by atoms with Crippen LogP contribution in [0.4, 0.5) is 0 Å². The van der Waals surface area contributed by atoms with Crippen LogP contribution in [0.25, 0.3) is 0 Å². The van der Waals surface area contributed by atoms with Crippen molar-refractivity contribution < 1.29 is 138 Å². The third kappa shape index (κ3) is 15.1. The van der Waals surface area contributed by atoms with E-state index < -0.39 is 258 Å². The number of fused-ring (bicyclic) bond motifs is 2. The molecule has 38 nitrogen and oxygen atoms in total. The first kappa shape index (κ1) is 72.7. The Morgan fingerprint density at radius 2 is 0.622 bits per heavy atom. The van der Waals surface area contributed by atoms with E-state index in [-0.39, 0.29) is 25.9 Å². The summed E-state index contributed by atoms with van der Waals surface area (Å²) >= 11 is 0. The summed E-state index contributed by atoms with van der Waals surface area (Å²) in [4.78, 5) is 0. The molecule has 16 unspecified atom stereocenters. The molecule has 524 valence electrons. The van der Waals surface area contributed by atoms with Crippen molar-refractivity contribution in [2.45, 2.75) is 283 Å². The Kier molecular flexibility index (Phi) is 25.3. The van der Waals surface area contributed by atoms with Gasteiger partial charge in [-0.25, -0.2) is 0 Å². The van der Waals surface area contributed by atoms with Gasteiger partial charge in [-0.05, 0) is 38.5 Å². The lowest BCUT2D eigenvalue weighted by molar-refractivity contribution is -0.317. The molecule has 0 aromatic carbocycles. The summed E-state index contributed by atoms with van der Waals surface area (Å²) in [6.45, 7) is -0.993. The standard InChI is InChI=1S/2C26H49N5O14/c2*27-5-10-15(35)16(36)12(30)24(40-10)44-21-11(6-32)41-26(18(21)38)45-23-14(34)7(28)4-8(29)19(23)42-25-13(31)17(37)22-20(43-25)9(33)2-1-3-39-22/h2*7-26,32-38H,1-6,27-31H2/t2*7-,8?,9?,10+,11-,12?,13?,14?,15-,16?,17-,18?,19-,20?,21+,22+,23-,24-,25+,26+/m11/s1. The number of rotatable bonds is 16. The van der Waals surface area contributed by atoms with Crippen LogP contribution in [-0.2, 0) is 66.3 Å². The molecule has 0 aromatic rings. The van der Waals surface area contributed by atoms with Crippen molar-refractivity contribution in [3.05, 3.63) is 0 Å². The van der Waals surface area contributed by atoms with Gasteiger partial charge in [-0.1, -0.05) is 0 Å². The van der Waals surface area contributed by atoms with Crippen LogP contribution in [0, 0.1) is 0 Å². The Morgan fingerprint density at radius 1 is 0.311 bits per heavy atom. The minimum atomic E-state index is -1.60. The highest BCUT2D eigenvalue weighted by Crippen LogP contribution is 2.39. The Balaban J connectivity index is 0.000000213. The molecule has 0 bridgehead atoms. The fourth-order valence-electron chi connectivity index (χ4n) is 13.3. The number of nitrogens with two attached hydrogens (primary N) is 10. The van der Waals surface area contributed by atoms with Crippen LogP contribution in [-0.4, -0.2) is 356 Å². The topological polar surface area (TPSA) is 673 Å². The van der Waals surface area contributed by atoms with Crippen LogP contribution < -0.4 is 57.3 Å². The highest BCUT2D eigenvalue weighted by atomic mass is 16.8. The van der Waals surface area contributed by atoms with E-state index in [1.165, 1.54) is 0 Å². The maximum Gasteiger partial charge on any atom is 0.187 e. The molecule has 2 aliphatic carbocycles. The number of hydrogen-bond acceptors (Lipinski definition) is 38. The minimum Gasteiger partial charge on any atom is -0.394 e. The van der Waals surface area contributed by atoms with Crippen molar-refractivity contribution in [1.29, 1.82) is 0 Å². The van der Waals surface area contributed by atoms with E-state index in [1.807, 2.05) is 0 Å². The first-order valence-corrected chi connectivity index (χ1v) is 30.7. The molecule has 2 saturated carbocycles. The van der Waals surface area contributed by atoms with Crippen molar-refractivity contribution in [1.82, 2.24) is 0 Å². The Labute approximate surface area is 516 Å². The molecule has 10 fully saturated rings. The lowest BCUT2D eigenvalue weighted by Gasteiger charge is -2.48. The van der Waals surface area contributed by atoms with E-state index in [0.717, 1.165) is 0 Å². The van der Waals surface area contributed by atoms with E-state index >= 15 is 0 Å². The predicted octanol–water partition coefficient (Wildman–Crippen LogP) is -15.3. The van der Waals surface area contributed by atoms with Gasteiger partial charge in [-0.3, -0.25) is 0 Å². The van der Waals surface area contributed by atoms with Gasteiger partial charge in [0.2, 0.25) is 0 Å². The fraction of sp³-hybridized carbons (Fsp3) is 1.00. The molecule has 0 spiro atoms. The molecule has 10 aliphatic rings. The molecule has 8 saturated heterocycles. The van der Waals surface area contributed by atoms with Gasteiger partial charge in [0.05, 0.1) is 61.8 Å². The second kappa shape index (κ2) is 31.3. The smallest absolute Gasteiger partial charge is 0.187 e. The molecule has 40 atom stereocenters. The summed E-state index contributed by atoms with van der Waals surface area (Å²) in [5, 5.41) is 149. The Hall–Kier alpha value is -1.52. The summed E-state index contributed by atoms with van der Waals surface area (Å²) in [5.41, 5.74) is 60.9. The van der Waals surface area contributed by atoms with Crippen LogP contribution >= 0.6 is 0 Å². The summed E-state index contributed by atoms with van der Waals surface area (Å²) in [6.07, 6.45) is -38.1. The third-order valence-electron chi connectivity index (χ3n) is 18.8. The second-order valence-corrected chi connectivity index (χ2v) is 25.0. The van der Waals surface area contributed by atoms with Gasteiger partial charge in [0.25, 0.3) is 0 Å². The molecule has 10 rings (SSSR count). The summed E-state index contributed by atoms with van der Waals surface area (Å²) in [5.74, 6) is 0. The van der Waals surface area contributed by atoms with Gasteiger partial charge < -0.3 is 195 Å². The zero-order chi connectivity index (χ0) is 65.5. The van der Waals surface area contributed by atoms with Crippen LogP contribution in [0.5, 0.6) is 0 Å².